The summed E-state index contributed by atoms with van der Waals surface area (Å²) < 4.78 is 5.35. The molecule has 94 valence electrons. The quantitative estimate of drug-likeness (QED) is 0.793. The number of hydrogen-bond acceptors (Lipinski definition) is 3. The molecule has 0 saturated carbocycles. The van der Waals surface area contributed by atoms with Gasteiger partial charge in [-0.2, -0.15) is 0 Å². The Kier molecular flexibility index (Phi) is 4.83. The maximum Gasteiger partial charge on any atom is 0.0511 e. The highest BCUT2D eigenvalue weighted by molar-refractivity contribution is 5.45. The molecule has 0 spiro atoms. The highest BCUT2D eigenvalue weighted by Gasteiger charge is 2.14. The van der Waals surface area contributed by atoms with Crippen molar-refractivity contribution in [2.75, 3.05) is 31.7 Å². The zero-order valence-corrected chi connectivity index (χ0v) is 10.2. The van der Waals surface area contributed by atoms with E-state index in [1.165, 1.54) is 11.3 Å². The lowest BCUT2D eigenvalue weighted by Crippen LogP contribution is -2.14. The third kappa shape index (κ3) is 4.02. The van der Waals surface area contributed by atoms with Crippen LogP contribution in [-0.4, -0.2) is 31.5 Å². The molecular formula is C14H21NO2. The number of rotatable bonds is 6. The van der Waals surface area contributed by atoms with Gasteiger partial charge in [0, 0.05) is 31.4 Å². The predicted octanol–water partition coefficient (Wildman–Crippen LogP) is 2.06. The van der Waals surface area contributed by atoms with E-state index >= 15 is 0 Å². The number of aliphatic hydroxyl groups excluding tert-OH is 1. The van der Waals surface area contributed by atoms with E-state index in [1.54, 1.807) is 0 Å². The van der Waals surface area contributed by atoms with Crippen LogP contribution in [0.15, 0.2) is 24.3 Å². The van der Waals surface area contributed by atoms with E-state index in [2.05, 4.69) is 29.6 Å². The average molecular weight is 235 g/mol. The van der Waals surface area contributed by atoms with Gasteiger partial charge in [-0.15, -0.1) is 0 Å². The molecule has 0 amide bonds. The van der Waals surface area contributed by atoms with Crippen molar-refractivity contribution in [3.05, 3.63) is 29.8 Å². The summed E-state index contributed by atoms with van der Waals surface area (Å²) in [5.74, 6) is 0.649. The SMILES string of the molecule is OCCCc1cccc(NCC2CCOC2)c1. The Bertz CT molecular complexity index is 335. The zero-order chi connectivity index (χ0) is 11.9. The van der Waals surface area contributed by atoms with Gasteiger partial charge in [-0.3, -0.25) is 0 Å². The van der Waals surface area contributed by atoms with E-state index in [0.717, 1.165) is 39.0 Å². The summed E-state index contributed by atoms with van der Waals surface area (Å²) in [5, 5.41) is 12.3. The summed E-state index contributed by atoms with van der Waals surface area (Å²) in [6.07, 6.45) is 2.94. The first-order chi connectivity index (χ1) is 8.38. The lowest BCUT2D eigenvalue weighted by molar-refractivity contribution is 0.187. The van der Waals surface area contributed by atoms with Gasteiger partial charge in [0.05, 0.1) is 6.61 Å². The van der Waals surface area contributed by atoms with Gasteiger partial charge in [-0.1, -0.05) is 12.1 Å². The van der Waals surface area contributed by atoms with Crippen molar-refractivity contribution in [2.24, 2.45) is 5.92 Å². The molecule has 1 aromatic carbocycles. The second kappa shape index (κ2) is 6.62. The van der Waals surface area contributed by atoms with Gasteiger partial charge in [0.1, 0.15) is 0 Å². The maximum atomic E-state index is 8.81. The van der Waals surface area contributed by atoms with Gasteiger partial charge >= 0.3 is 0 Å². The summed E-state index contributed by atoms with van der Waals surface area (Å²) in [7, 11) is 0. The molecule has 1 unspecified atom stereocenters. The highest BCUT2D eigenvalue weighted by Crippen LogP contribution is 2.16. The summed E-state index contributed by atoms with van der Waals surface area (Å²) >= 11 is 0. The molecule has 17 heavy (non-hydrogen) atoms. The summed E-state index contributed by atoms with van der Waals surface area (Å²) in [5.41, 5.74) is 2.46. The van der Waals surface area contributed by atoms with Crippen molar-refractivity contribution < 1.29 is 9.84 Å². The van der Waals surface area contributed by atoms with Crippen LogP contribution in [0.2, 0.25) is 0 Å². The topological polar surface area (TPSA) is 41.5 Å². The average Bonchev–Trinajstić information content (AvgIpc) is 2.87. The molecule has 2 rings (SSSR count). The minimum Gasteiger partial charge on any atom is -0.396 e. The lowest BCUT2D eigenvalue weighted by Gasteiger charge is -2.11. The fourth-order valence-electron chi connectivity index (χ4n) is 2.13. The van der Waals surface area contributed by atoms with Gasteiger partial charge in [0.25, 0.3) is 0 Å². The van der Waals surface area contributed by atoms with Crippen molar-refractivity contribution in [2.45, 2.75) is 19.3 Å². The van der Waals surface area contributed by atoms with E-state index in [0.29, 0.717) is 5.92 Å². The van der Waals surface area contributed by atoms with Crippen molar-refractivity contribution in [3.63, 3.8) is 0 Å². The molecule has 2 N–H and O–H groups in total. The molecule has 1 saturated heterocycles. The first-order valence-corrected chi connectivity index (χ1v) is 6.40. The van der Waals surface area contributed by atoms with Crippen LogP contribution in [0.3, 0.4) is 0 Å². The van der Waals surface area contributed by atoms with Crippen molar-refractivity contribution in [1.82, 2.24) is 0 Å². The Morgan fingerprint density at radius 1 is 1.41 bits per heavy atom. The monoisotopic (exact) mass is 235 g/mol. The molecule has 1 fully saturated rings. The molecule has 1 aliphatic rings. The molecule has 1 aromatic rings. The molecule has 0 radical (unpaired) electrons. The normalized spacial score (nSPS) is 19.5. The lowest BCUT2D eigenvalue weighted by atomic mass is 10.1. The molecule has 1 atom stereocenters. The number of hydrogen-bond donors (Lipinski definition) is 2. The molecule has 3 heteroatoms. The van der Waals surface area contributed by atoms with Crippen LogP contribution in [0.1, 0.15) is 18.4 Å². The van der Waals surface area contributed by atoms with Crippen LogP contribution in [0.4, 0.5) is 5.69 Å². The van der Waals surface area contributed by atoms with E-state index in [4.69, 9.17) is 9.84 Å². The largest absolute Gasteiger partial charge is 0.396 e. The van der Waals surface area contributed by atoms with Crippen molar-refractivity contribution in [3.8, 4) is 0 Å². The second-order valence-electron chi connectivity index (χ2n) is 4.64. The van der Waals surface area contributed by atoms with Gasteiger partial charge < -0.3 is 15.2 Å². The van der Waals surface area contributed by atoms with Crippen molar-refractivity contribution >= 4 is 5.69 Å². The number of aryl methyl sites for hydroxylation is 1. The first-order valence-electron chi connectivity index (χ1n) is 6.40. The Labute approximate surface area is 103 Å². The molecule has 1 heterocycles. The minimum atomic E-state index is 0.261. The molecule has 1 aliphatic heterocycles. The van der Waals surface area contributed by atoms with Crippen LogP contribution in [0.25, 0.3) is 0 Å². The summed E-state index contributed by atoms with van der Waals surface area (Å²) in [4.78, 5) is 0. The maximum absolute atomic E-state index is 8.81. The molecule has 3 nitrogen and oxygen atoms in total. The Morgan fingerprint density at radius 3 is 3.12 bits per heavy atom. The number of benzene rings is 1. The van der Waals surface area contributed by atoms with Gasteiger partial charge in [0.2, 0.25) is 0 Å². The van der Waals surface area contributed by atoms with Crippen LogP contribution < -0.4 is 5.32 Å². The van der Waals surface area contributed by atoms with Gasteiger partial charge in [0.15, 0.2) is 0 Å². The molecular weight excluding hydrogens is 214 g/mol. The first kappa shape index (κ1) is 12.4. The predicted molar refractivity (Wildman–Crippen MR) is 69.3 cm³/mol. The Morgan fingerprint density at radius 2 is 2.35 bits per heavy atom. The fraction of sp³-hybridized carbons (Fsp3) is 0.571. The van der Waals surface area contributed by atoms with Crippen LogP contribution in [0.5, 0.6) is 0 Å². The summed E-state index contributed by atoms with van der Waals surface area (Å²) in [6, 6.07) is 8.45. The Hall–Kier alpha value is -1.06. The summed E-state index contributed by atoms with van der Waals surface area (Å²) in [6.45, 7) is 3.04. The number of anilines is 1. The zero-order valence-electron chi connectivity index (χ0n) is 10.2. The van der Waals surface area contributed by atoms with E-state index in [1.807, 2.05) is 0 Å². The van der Waals surface area contributed by atoms with Crippen molar-refractivity contribution in [1.29, 1.82) is 0 Å². The van der Waals surface area contributed by atoms with Gasteiger partial charge in [-0.05, 0) is 37.0 Å². The van der Waals surface area contributed by atoms with E-state index in [-0.39, 0.29) is 6.61 Å². The number of ether oxygens (including phenoxy) is 1. The molecule has 0 aliphatic carbocycles. The molecule has 0 aromatic heterocycles. The van der Waals surface area contributed by atoms with Crippen LogP contribution >= 0.6 is 0 Å². The van der Waals surface area contributed by atoms with Gasteiger partial charge in [-0.25, -0.2) is 0 Å². The van der Waals surface area contributed by atoms with Crippen LogP contribution in [-0.2, 0) is 11.2 Å². The van der Waals surface area contributed by atoms with E-state index in [9.17, 15) is 0 Å². The minimum absolute atomic E-state index is 0.261. The smallest absolute Gasteiger partial charge is 0.0511 e. The standard InChI is InChI=1S/C14H21NO2/c16-7-2-4-12-3-1-5-14(9-12)15-10-13-6-8-17-11-13/h1,3,5,9,13,15-16H,2,4,6-8,10-11H2. The van der Waals surface area contributed by atoms with Crippen LogP contribution in [0, 0.1) is 5.92 Å². The number of aliphatic hydroxyl groups is 1. The second-order valence-corrected chi connectivity index (χ2v) is 4.64. The van der Waals surface area contributed by atoms with E-state index < -0.39 is 0 Å². The third-order valence-electron chi connectivity index (χ3n) is 3.17. The third-order valence-corrected chi connectivity index (χ3v) is 3.17. The highest BCUT2D eigenvalue weighted by atomic mass is 16.5. The fourth-order valence-corrected chi connectivity index (χ4v) is 2.13. The number of nitrogens with one attached hydrogen (secondary N) is 1. The molecule has 0 bridgehead atoms. The Balaban J connectivity index is 1.82.